The van der Waals surface area contributed by atoms with E-state index in [4.69, 9.17) is 4.74 Å². The molecule has 0 aromatic carbocycles. The van der Waals surface area contributed by atoms with E-state index in [1.165, 1.54) is 6.42 Å². The average Bonchev–Trinajstić information content (AvgIpc) is 2.27. The van der Waals surface area contributed by atoms with E-state index in [1.807, 2.05) is 13.8 Å². The zero-order valence-electron chi connectivity index (χ0n) is 11.7. The lowest BCUT2D eigenvalue weighted by molar-refractivity contribution is 0.238. The van der Waals surface area contributed by atoms with Crippen LogP contribution in [0, 0.1) is 0 Å². The Morgan fingerprint density at radius 1 is 1.22 bits per heavy atom. The molecule has 0 aromatic heterocycles. The summed E-state index contributed by atoms with van der Waals surface area (Å²) in [7, 11) is -2.86. The van der Waals surface area contributed by atoms with E-state index in [0.29, 0.717) is 12.4 Å². The Hall–Kier alpha value is -0.510. The van der Waals surface area contributed by atoms with Crippen molar-refractivity contribution in [3.8, 4) is 0 Å². The van der Waals surface area contributed by atoms with Crippen molar-refractivity contribution in [1.82, 2.24) is 0 Å². The molecule has 1 aliphatic heterocycles. The molecule has 0 N–H and O–H groups in total. The SMILES string of the molecule is CC(C)=COCCCC1CCCCCCS1(=O)=O. The van der Waals surface area contributed by atoms with Gasteiger partial charge in [-0.05, 0) is 45.1 Å². The molecule has 1 unspecified atom stereocenters. The fourth-order valence-electron chi connectivity index (χ4n) is 2.32. The van der Waals surface area contributed by atoms with Gasteiger partial charge in [0.05, 0.1) is 23.9 Å². The number of hydrogen-bond donors (Lipinski definition) is 0. The van der Waals surface area contributed by atoms with Gasteiger partial charge in [0.2, 0.25) is 0 Å². The van der Waals surface area contributed by atoms with E-state index in [1.54, 1.807) is 6.26 Å². The molecule has 18 heavy (non-hydrogen) atoms. The van der Waals surface area contributed by atoms with E-state index in [-0.39, 0.29) is 5.25 Å². The molecule has 1 rings (SSSR count). The average molecular weight is 274 g/mol. The van der Waals surface area contributed by atoms with Gasteiger partial charge in [-0.2, -0.15) is 0 Å². The molecule has 0 aliphatic carbocycles. The molecule has 3 nitrogen and oxygen atoms in total. The van der Waals surface area contributed by atoms with Crippen LogP contribution in [0.2, 0.25) is 0 Å². The first-order valence-corrected chi connectivity index (χ1v) is 8.70. The zero-order valence-corrected chi connectivity index (χ0v) is 12.5. The van der Waals surface area contributed by atoms with Gasteiger partial charge in [0.25, 0.3) is 0 Å². The van der Waals surface area contributed by atoms with Crippen LogP contribution in [0.15, 0.2) is 11.8 Å². The number of ether oxygens (including phenoxy) is 1. The molecule has 1 heterocycles. The van der Waals surface area contributed by atoms with Crippen LogP contribution in [0.5, 0.6) is 0 Å². The van der Waals surface area contributed by atoms with Crippen LogP contribution in [-0.2, 0) is 14.6 Å². The third-order valence-electron chi connectivity index (χ3n) is 3.32. The molecular formula is C14H26O3S. The molecule has 1 atom stereocenters. The largest absolute Gasteiger partial charge is 0.501 e. The van der Waals surface area contributed by atoms with Crippen molar-refractivity contribution in [2.75, 3.05) is 12.4 Å². The lowest BCUT2D eigenvalue weighted by atomic mass is 10.1. The minimum Gasteiger partial charge on any atom is -0.501 e. The summed E-state index contributed by atoms with van der Waals surface area (Å²) in [5.74, 6) is 0.381. The van der Waals surface area contributed by atoms with Crippen molar-refractivity contribution in [2.24, 2.45) is 0 Å². The number of sulfone groups is 1. The highest BCUT2D eigenvalue weighted by Crippen LogP contribution is 2.22. The van der Waals surface area contributed by atoms with Crippen LogP contribution in [-0.4, -0.2) is 26.0 Å². The fourth-order valence-corrected chi connectivity index (χ4v) is 4.31. The van der Waals surface area contributed by atoms with Crippen LogP contribution < -0.4 is 0 Å². The molecule has 1 aliphatic rings. The van der Waals surface area contributed by atoms with E-state index in [9.17, 15) is 8.42 Å². The summed E-state index contributed by atoms with van der Waals surface area (Å²) in [5, 5.41) is -0.131. The first-order valence-electron chi connectivity index (χ1n) is 6.99. The minimum absolute atomic E-state index is 0.131. The Kier molecular flexibility index (Phi) is 6.76. The number of rotatable bonds is 5. The molecule has 0 spiro atoms. The third kappa shape index (κ3) is 5.89. The molecule has 0 radical (unpaired) electrons. The minimum atomic E-state index is -2.86. The van der Waals surface area contributed by atoms with Crippen LogP contribution >= 0.6 is 0 Å². The standard InChI is InChI=1S/C14H26O3S/c1-13(2)12-17-10-7-9-14-8-5-3-4-6-11-18(14,15)16/h12,14H,3-11H2,1-2H3. The molecule has 1 fully saturated rings. The summed E-state index contributed by atoms with van der Waals surface area (Å²) in [6, 6.07) is 0. The molecule has 0 amide bonds. The van der Waals surface area contributed by atoms with Crippen molar-refractivity contribution in [3.05, 3.63) is 11.8 Å². The maximum atomic E-state index is 12.1. The van der Waals surface area contributed by atoms with Crippen LogP contribution in [0.1, 0.15) is 58.8 Å². The summed E-state index contributed by atoms with van der Waals surface area (Å²) < 4.78 is 29.5. The van der Waals surface area contributed by atoms with Gasteiger partial charge >= 0.3 is 0 Å². The maximum absolute atomic E-state index is 12.1. The molecular weight excluding hydrogens is 248 g/mol. The van der Waals surface area contributed by atoms with Crippen molar-refractivity contribution in [1.29, 1.82) is 0 Å². The molecule has 1 saturated heterocycles. The second-order valence-electron chi connectivity index (χ2n) is 5.40. The van der Waals surface area contributed by atoms with Gasteiger partial charge in [0.15, 0.2) is 9.84 Å². The molecule has 0 saturated carbocycles. The van der Waals surface area contributed by atoms with Crippen molar-refractivity contribution >= 4 is 9.84 Å². The summed E-state index contributed by atoms with van der Waals surface area (Å²) in [6.07, 6.45) is 8.30. The van der Waals surface area contributed by atoms with Gasteiger partial charge in [0, 0.05) is 0 Å². The molecule has 106 valence electrons. The highest BCUT2D eigenvalue weighted by atomic mass is 32.2. The lowest BCUT2D eigenvalue weighted by Crippen LogP contribution is -2.26. The van der Waals surface area contributed by atoms with Gasteiger partial charge in [-0.3, -0.25) is 0 Å². The van der Waals surface area contributed by atoms with Crippen molar-refractivity contribution in [2.45, 2.75) is 64.0 Å². The Labute approximate surface area is 112 Å². The van der Waals surface area contributed by atoms with Gasteiger partial charge < -0.3 is 4.74 Å². The normalized spacial score (nSPS) is 23.8. The predicted octanol–water partition coefficient (Wildman–Crippen LogP) is 3.45. The Morgan fingerprint density at radius 3 is 2.67 bits per heavy atom. The lowest BCUT2D eigenvalue weighted by Gasteiger charge is -2.20. The Morgan fingerprint density at radius 2 is 1.94 bits per heavy atom. The van der Waals surface area contributed by atoms with E-state index in [2.05, 4.69) is 0 Å². The first kappa shape index (κ1) is 15.5. The van der Waals surface area contributed by atoms with E-state index in [0.717, 1.165) is 44.1 Å². The van der Waals surface area contributed by atoms with Crippen LogP contribution in [0.3, 0.4) is 0 Å². The van der Waals surface area contributed by atoms with Gasteiger partial charge in [-0.15, -0.1) is 0 Å². The number of hydrogen-bond acceptors (Lipinski definition) is 3. The summed E-state index contributed by atoms with van der Waals surface area (Å²) in [5.41, 5.74) is 1.13. The summed E-state index contributed by atoms with van der Waals surface area (Å²) >= 11 is 0. The first-order chi connectivity index (χ1) is 8.52. The zero-order chi connectivity index (χ0) is 13.4. The Bertz CT molecular complexity index is 353. The maximum Gasteiger partial charge on any atom is 0.153 e. The smallest absolute Gasteiger partial charge is 0.153 e. The predicted molar refractivity (Wildman–Crippen MR) is 75.3 cm³/mol. The van der Waals surface area contributed by atoms with Gasteiger partial charge in [0.1, 0.15) is 0 Å². The summed E-state index contributed by atoms with van der Waals surface area (Å²) in [4.78, 5) is 0. The number of allylic oxidation sites excluding steroid dienone is 1. The highest BCUT2D eigenvalue weighted by Gasteiger charge is 2.25. The van der Waals surface area contributed by atoms with Gasteiger partial charge in [-0.25, -0.2) is 8.42 Å². The Balaban J connectivity index is 2.35. The van der Waals surface area contributed by atoms with Crippen molar-refractivity contribution in [3.63, 3.8) is 0 Å². The molecule has 4 heteroatoms. The topological polar surface area (TPSA) is 43.4 Å². The third-order valence-corrected chi connectivity index (χ3v) is 5.66. The van der Waals surface area contributed by atoms with E-state index >= 15 is 0 Å². The highest BCUT2D eigenvalue weighted by molar-refractivity contribution is 7.92. The quantitative estimate of drug-likeness (QED) is 0.569. The second kappa shape index (κ2) is 7.82. The summed E-state index contributed by atoms with van der Waals surface area (Å²) in [6.45, 7) is 4.59. The molecule has 0 bridgehead atoms. The van der Waals surface area contributed by atoms with Crippen LogP contribution in [0.25, 0.3) is 0 Å². The van der Waals surface area contributed by atoms with Gasteiger partial charge in [-0.1, -0.05) is 19.3 Å². The fraction of sp³-hybridized carbons (Fsp3) is 0.857. The molecule has 0 aromatic rings. The second-order valence-corrected chi connectivity index (χ2v) is 7.80. The van der Waals surface area contributed by atoms with Crippen molar-refractivity contribution < 1.29 is 13.2 Å². The van der Waals surface area contributed by atoms with E-state index < -0.39 is 9.84 Å². The van der Waals surface area contributed by atoms with Crippen LogP contribution in [0.4, 0.5) is 0 Å². The monoisotopic (exact) mass is 274 g/mol.